The number of hydrogen-bond acceptors (Lipinski definition) is 4. The van der Waals surface area contributed by atoms with Crippen LogP contribution in [0.3, 0.4) is 0 Å². The summed E-state index contributed by atoms with van der Waals surface area (Å²) in [5.74, 6) is 0. The van der Waals surface area contributed by atoms with E-state index in [4.69, 9.17) is 4.74 Å². The highest BCUT2D eigenvalue weighted by Crippen LogP contribution is 2.20. The van der Waals surface area contributed by atoms with Gasteiger partial charge in [0.2, 0.25) is 0 Å². The zero-order valence-electron chi connectivity index (χ0n) is 15.6. The van der Waals surface area contributed by atoms with E-state index < -0.39 is 0 Å². The van der Waals surface area contributed by atoms with E-state index in [1.165, 1.54) is 18.4 Å². The average molecular weight is 358 g/mol. The molecule has 0 spiro atoms. The van der Waals surface area contributed by atoms with Crippen molar-refractivity contribution in [1.82, 2.24) is 20.4 Å². The fraction of sp³-hybridized carbons (Fsp3) is 0.650. The molecule has 3 aliphatic rings. The third kappa shape index (κ3) is 4.19. The lowest BCUT2D eigenvalue weighted by molar-refractivity contribution is -0.0449. The molecule has 3 fully saturated rings. The quantitative estimate of drug-likeness (QED) is 0.855. The number of urea groups is 1. The third-order valence-electron chi connectivity index (χ3n) is 5.84. The topological polar surface area (TPSA) is 56.8 Å². The fourth-order valence-corrected chi connectivity index (χ4v) is 4.36. The summed E-state index contributed by atoms with van der Waals surface area (Å²) in [6.07, 6.45) is 2.41. The van der Waals surface area contributed by atoms with Crippen molar-refractivity contribution >= 4 is 6.03 Å². The van der Waals surface area contributed by atoms with Crippen LogP contribution in [0.5, 0.6) is 0 Å². The first kappa shape index (κ1) is 17.8. The van der Waals surface area contributed by atoms with Gasteiger partial charge in [-0.25, -0.2) is 4.79 Å². The smallest absolute Gasteiger partial charge is 0.317 e. The van der Waals surface area contributed by atoms with Gasteiger partial charge in [-0.05, 0) is 25.3 Å². The summed E-state index contributed by atoms with van der Waals surface area (Å²) >= 11 is 0. The zero-order valence-corrected chi connectivity index (χ0v) is 15.6. The van der Waals surface area contributed by atoms with Crippen molar-refractivity contribution in [2.45, 2.75) is 50.5 Å². The van der Waals surface area contributed by atoms with Crippen molar-refractivity contribution in [3.63, 3.8) is 0 Å². The standard InChI is InChI=1S/C20H30N4O2/c1-15(21-20(25)24-12-17-7-8-18(13-24)22-17)19-14-23(9-10-26-19)11-16-5-3-2-4-6-16/h2-6,15,17-19,22H,7-14H2,1H3,(H,21,25). The third-order valence-corrected chi connectivity index (χ3v) is 5.84. The highest BCUT2D eigenvalue weighted by atomic mass is 16.5. The van der Waals surface area contributed by atoms with E-state index in [-0.39, 0.29) is 18.2 Å². The Balaban J connectivity index is 1.28. The Labute approximate surface area is 155 Å². The van der Waals surface area contributed by atoms with Gasteiger partial charge in [0.15, 0.2) is 0 Å². The van der Waals surface area contributed by atoms with E-state index in [1.54, 1.807) is 0 Å². The Hall–Kier alpha value is -1.63. The monoisotopic (exact) mass is 358 g/mol. The van der Waals surface area contributed by atoms with Crippen molar-refractivity contribution in [3.05, 3.63) is 35.9 Å². The molecule has 26 heavy (non-hydrogen) atoms. The SMILES string of the molecule is CC(NC(=O)N1CC2CCC(C1)N2)C1CN(Cc2ccccc2)CCO1. The fourth-order valence-electron chi connectivity index (χ4n) is 4.36. The summed E-state index contributed by atoms with van der Waals surface area (Å²) in [5, 5.41) is 6.75. The zero-order chi connectivity index (χ0) is 17.9. The predicted molar refractivity (Wildman–Crippen MR) is 101 cm³/mol. The maximum Gasteiger partial charge on any atom is 0.317 e. The van der Waals surface area contributed by atoms with E-state index in [2.05, 4.69) is 46.7 Å². The Morgan fingerprint density at radius 2 is 1.96 bits per heavy atom. The Bertz CT molecular complexity index is 599. The van der Waals surface area contributed by atoms with Crippen molar-refractivity contribution in [2.75, 3.05) is 32.8 Å². The maximum absolute atomic E-state index is 12.7. The second-order valence-electron chi connectivity index (χ2n) is 7.91. The number of hydrogen-bond donors (Lipinski definition) is 2. The highest BCUT2D eigenvalue weighted by molar-refractivity contribution is 5.74. The van der Waals surface area contributed by atoms with Gasteiger partial charge in [-0.1, -0.05) is 30.3 Å². The van der Waals surface area contributed by atoms with E-state index in [0.717, 1.165) is 39.3 Å². The molecule has 0 aromatic heterocycles. The van der Waals surface area contributed by atoms with Crippen molar-refractivity contribution in [2.24, 2.45) is 0 Å². The molecule has 1 aromatic carbocycles. The predicted octanol–water partition coefficient (Wildman–Crippen LogP) is 1.42. The first-order valence-corrected chi connectivity index (χ1v) is 9.87. The van der Waals surface area contributed by atoms with Crippen LogP contribution < -0.4 is 10.6 Å². The molecule has 2 amide bonds. The molecule has 142 valence electrons. The molecule has 0 saturated carbocycles. The van der Waals surface area contributed by atoms with E-state index >= 15 is 0 Å². The molecule has 6 nitrogen and oxygen atoms in total. The number of morpholine rings is 1. The summed E-state index contributed by atoms with van der Waals surface area (Å²) < 4.78 is 5.96. The Kier molecular flexibility index (Phi) is 5.43. The van der Waals surface area contributed by atoms with Crippen molar-refractivity contribution in [3.8, 4) is 0 Å². The minimum absolute atomic E-state index is 0.00797. The van der Waals surface area contributed by atoms with Crippen LogP contribution in [0.25, 0.3) is 0 Å². The molecule has 4 unspecified atom stereocenters. The number of carbonyl (C=O) groups is 1. The summed E-state index contributed by atoms with van der Waals surface area (Å²) in [7, 11) is 0. The van der Waals surface area contributed by atoms with E-state index in [9.17, 15) is 4.79 Å². The van der Waals surface area contributed by atoms with Gasteiger partial charge in [-0.15, -0.1) is 0 Å². The molecule has 2 N–H and O–H groups in total. The van der Waals surface area contributed by atoms with Crippen LogP contribution in [-0.4, -0.2) is 72.8 Å². The van der Waals surface area contributed by atoms with Gasteiger partial charge in [0.25, 0.3) is 0 Å². The van der Waals surface area contributed by atoms with Gasteiger partial charge in [-0.3, -0.25) is 4.90 Å². The van der Waals surface area contributed by atoms with Gasteiger partial charge in [0.1, 0.15) is 0 Å². The van der Waals surface area contributed by atoms with Crippen molar-refractivity contribution in [1.29, 1.82) is 0 Å². The van der Waals surface area contributed by atoms with Gasteiger partial charge in [0.05, 0.1) is 18.8 Å². The van der Waals surface area contributed by atoms with Gasteiger partial charge < -0.3 is 20.3 Å². The minimum atomic E-state index is 0.00797. The largest absolute Gasteiger partial charge is 0.373 e. The van der Waals surface area contributed by atoms with Gasteiger partial charge >= 0.3 is 6.03 Å². The molecule has 0 radical (unpaired) electrons. The number of benzene rings is 1. The van der Waals surface area contributed by atoms with Crippen LogP contribution >= 0.6 is 0 Å². The Morgan fingerprint density at radius 1 is 1.23 bits per heavy atom. The second-order valence-corrected chi connectivity index (χ2v) is 7.91. The number of fused-ring (bicyclic) bond motifs is 2. The van der Waals surface area contributed by atoms with E-state index in [0.29, 0.717) is 12.1 Å². The normalized spacial score (nSPS) is 30.2. The molecule has 1 aromatic rings. The highest BCUT2D eigenvalue weighted by Gasteiger charge is 2.35. The van der Waals surface area contributed by atoms with Crippen LogP contribution in [0, 0.1) is 0 Å². The van der Waals surface area contributed by atoms with Crippen LogP contribution in [0.15, 0.2) is 30.3 Å². The molecule has 2 bridgehead atoms. The number of ether oxygens (including phenoxy) is 1. The number of amides is 2. The number of likely N-dealkylation sites (tertiary alicyclic amines) is 1. The lowest BCUT2D eigenvalue weighted by atomic mass is 10.1. The molecule has 3 saturated heterocycles. The molecule has 4 atom stereocenters. The van der Waals surface area contributed by atoms with Crippen LogP contribution in [-0.2, 0) is 11.3 Å². The average Bonchev–Trinajstić information content (AvgIpc) is 3.00. The number of nitrogens with one attached hydrogen (secondary N) is 2. The van der Waals surface area contributed by atoms with E-state index in [1.807, 2.05) is 11.0 Å². The molecular weight excluding hydrogens is 328 g/mol. The summed E-state index contributed by atoms with van der Waals surface area (Å²) in [6, 6.07) is 11.5. The second kappa shape index (κ2) is 7.94. The minimum Gasteiger partial charge on any atom is -0.373 e. The molecule has 4 rings (SSSR count). The summed E-state index contributed by atoms with van der Waals surface area (Å²) in [4.78, 5) is 17.0. The molecule has 0 aliphatic carbocycles. The number of rotatable bonds is 4. The first-order valence-electron chi connectivity index (χ1n) is 9.87. The first-order chi connectivity index (χ1) is 12.7. The molecule has 3 heterocycles. The molecule has 3 aliphatic heterocycles. The van der Waals surface area contributed by atoms with Crippen LogP contribution in [0.1, 0.15) is 25.3 Å². The van der Waals surface area contributed by atoms with Crippen molar-refractivity contribution < 1.29 is 9.53 Å². The number of piperazine rings is 1. The summed E-state index contributed by atoms with van der Waals surface area (Å²) in [5.41, 5.74) is 1.32. The summed E-state index contributed by atoms with van der Waals surface area (Å²) in [6.45, 7) is 7.14. The molecule has 6 heteroatoms. The lowest BCUT2D eigenvalue weighted by Crippen LogP contribution is -2.59. The number of carbonyl (C=O) groups excluding carboxylic acids is 1. The van der Waals surface area contributed by atoms with Gasteiger partial charge in [0, 0.05) is 44.8 Å². The molecular formula is C20H30N4O2. The van der Waals surface area contributed by atoms with Crippen LogP contribution in [0.2, 0.25) is 0 Å². The number of nitrogens with zero attached hydrogens (tertiary/aromatic N) is 2. The maximum atomic E-state index is 12.7. The Morgan fingerprint density at radius 3 is 2.69 bits per heavy atom. The van der Waals surface area contributed by atoms with Gasteiger partial charge in [-0.2, -0.15) is 0 Å². The van der Waals surface area contributed by atoms with Crippen LogP contribution in [0.4, 0.5) is 4.79 Å². The lowest BCUT2D eigenvalue weighted by Gasteiger charge is -2.38.